The van der Waals surface area contributed by atoms with Gasteiger partial charge in [-0.05, 0) is 36.2 Å². The summed E-state index contributed by atoms with van der Waals surface area (Å²) < 4.78 is 83.6. The van der Waals surface area contributed by atoms with Gasteiger partial charge in [-0.15, -0.1) is 0 Å². The second kappa shape index (κ2) is 8.56. The topological polar surface area (TPSA) is 71.2 Å². The second-order valence-electron chi connectivity index (χ2n) is 6.82. The molecule has 0 aliphatic rings. The molecule has 0 saturated carbocycles. The van der Waals surface area contributed by atoms with Gasteiger partial charge in [-0.25, -0.2) is 4.79 Å². The van der Waals surface area contributed by atoms with Crippen LogP contribution < -0.4 is 5.32 Å². The zero-order chi connectivity index (χ0) is 23.7. The van der Waals surface area contributed by atoms with Crippen molar-refractivity contribution >= 4 is 22.8 Å². The minimum Gasteiger partial charge on any atom is -0.453 e. The summed E-state index contributed by atoms with van der Waals surface area (Å²) in [5.41, 5.74) is -3.28. The molecule has 2 aromatic carbocycles. The Labute approximate surface area is 177 Å². The minimum absolute atomic E-state index is 0.0190. The molecule has 1 heterocycles. The number of aromatic amines is 1. The molecule has 0 atom stereocenters. The fourth-order valence-corrected chi connectivity index (χ4v) is 3.25. The molecule has 0 saturated heterocycles. The van der Waals surface area contributed by atoms with Crippen LogP contribution in [0.2, 0.25) is 0 Å². The van der Waals surface area contributed by atoms with Crippen LogP contribution in [0.25, 0.3) is 10.9 Å². The van der Waals surface area contributed by atoms with Gasteiger partial charge >= 0.3 is 18.4 Å². The van der Waals surface area contributed by atoms with Crippen LogP contribution in [-0.4, -0.2) is 30.5 Å². The molecule has 0 radical (unpaired) electrons. The molecule has 3 aromatic rings. The molecule has 0 aliphatic carbocycles. The highest BCUT2D eigenvalue weighted by Crippen LogP contribution is 2.37. The van der Waals surface area contributed by atoms with Gasteiger partial charge in [0.15, 0.2) is 0 Å². The SMILES string of the molecule is COC(=O)NCCc1c(C(=O)c2cc(C(F)(F)F)cc(C(F)(F)F)c2)[nH]c2ccccc12. The molecule has 0 unspecified atom stereocenters. The molecule has 0 fully saturated rings. The summed E-state index contributed by atoms with van der Waals surface area (Å²) in [5.74, 6) is -1.04. The van der Waals surface area contributed by atoms with Crippen molar-refractivity contribution in [2.45, 2.75) is 18.8 Å². The fraction of sp³-hybridized carbons (Fsp3) is 0.238. The van der Waals surface area contributed by atoms with E-state index in [1.807, 2.05) is 0 Å². The molecule has 5 nitrogen and oxygen atoms in total. The van der Waals surface area contributed by atoms with E-state index < -0.39 is 40.9 Å². The van der Waals surface area contributed by atoms with Gasteiger partial charge in [0, 0.05) is 23.0 Å². The van der Waals surface area contributed by atoms with Gasteiger partial charge in [0.25, 0.3) is 0 Å². The number of hydrogen-bond acceptors (Lipinski definition) is 3. The monoisotopic (exact) mass is 458 g/mol. The van der Waals surface area contributed by atoms with E-state index in [9.17, 15) is 35.9 Å². The van der Waals surface area contributed by atoms with E-state index in [1.165, 1.54) is 0 Å². The van der Waals surface area contributed by atoms with Crippen LogP contribution in [0.3, 0.4) is 0 Å². The van der Waals surface area contributed by atoms with Crippen molar-refractivity contribution in [3.63, 3.8) is 0 Å². The summed E-state index contributed by atoms with van der Waals surface area (Å²) in [5, 5.41) is 2.96. The minimum atomic E-state index is -5.08. The number of H-pyrrole nitrogens is 1. The quantitative estimate of drug-likeness (QED) is 0.401. The summed E-state index contributed by atoms with van der Waals surface area (Å²) in [4.78, 5) is 27.1. The maximum absolute atomic E-state index is 13.2. The Bertz CT molecular complexity index is 1130. The molecule has 170 valence electrons. The molecule has 3 rings (SSSR count). The van der Waals surface area contributed by atoms with Crippen LogP contribution in [-0.2, 0) is 23.5 Å². The average molecular weight is 458 g/mol. The Balaban J connectivity index is 2.10. The number of nitrogens with one attached hydrogen (secondary N) is 2. The predicted octanol–water partition coefficient (Wildman–Crippen LogP) is 5.34. The molecular weight excluding hydrogens is 442 g/mol. The Morgan fingerprint density at radius 3 is 2.12 bits per heavy atom. The van der Waals surface area contributed by atoms with E-state index in [0.717, 1.165) is 7.11 Å². The smallest absolute Gasteiger partial charge is 0.416 e. The van der Waals surface area contributed by atoms with Gasteiger partial charge in [0.1, 0.15) is 0 Å². The fourth-order valence-electron chi connectivity index (χ4n) is 3.25. The lowest BCUT2D eigenvalue weighted by molar-refractivity contribution is -0.143. The van der Waals surface area contributed by atoms with Gasteiger partial charge < -0.3 is 15.0 Å². The maximum Gasteiger partial charge on any atom is 0.416 e. The highest BCUT2D eigenvalue weighted by molar-refractivity contribution is 6.12. The van der Waals surface area contributed by atoms with Crippen LogP contribution in [0, 0.1) is 0 Å². The average Bonchev–Trinajstić information content (AvgIpc) is 3.10. The first-order valence-corrected chi connectivity index (χ1v) is 9.17. The summed E-state index contributed by atoms with van der Waals surface area (Å²) in [6, 6.07) is 7.30. The van der Waals surface area contributed by atoms with Crippen molar-refractivity contribution in [2.24, 2.45) is 0 Å². The summed E-state index contributed by atoms with van der Waals surface area (Å²) >= 11 is 0. The van der Waals surface area contributed by atoms with E-state index in [0.29, 0.717) is 28.6 Å². The lowest BCUT2D eigenvalue weighted by Crippen LogP contribution is -2.25. The number of rotatable bonds is 5. The molecule has 0 bridgehead atoms. The predicted molar refractivity (Wildman–Crippen MR) is 102 cm³/mol. The number of benzene rings is 2. The first-order valence-electron chi connectivity index (χ1n) is 9.17. The van der Waals surface area contributed by atoms with Crippen LogP contribution in [0.4, 0.5) is 31.1 Å². The summed E-state index contributed by atoms with van der Waals surface area (Å²) in [6.45, 7) is 0.0190. The van der Waals surface area contributed by atoms with Crippen LogP contribution >= 0.6 is 0 Å². The number of ether oxygens (including phenoxy) is 1. The lowest BCUT2D eigenvalue weighted by Gasteiger charge is -2.14. The van der Waals surface area contributed by atoms with Gasteiger partial charge in [-0.2, -0.15) is 26.3 Å². The van der Waals surface area contributed by atoms with Gasteiger partial charge in [-0.1, -0.05) is 18.2 Å². The van der Waals surface area contributed by atoms with Gasteiger partial charge in [0.05, 0.1) is 23.9 Å². The summed E-state index contributed by atoms with van der Waals surface area (Å²) in [6.07, 6.45) is -10.8. The zero-order valence-electron chi connectivity index (χ0n) is 16.4. The molecular formula is C21H16F6N2O3. The highest BCUT2D eigenvalue weighted by atomic mass is 19.4. The highest BCUT2D eigenvalue weighted by Gasteiger charge is 2.38. The number of hydrogen-bond donors (Lipinski definition) is 2. The molecule has 2 N–H and O–H groups in total. The number of amides is 1. The summed E-state index contributed by atoms with van der Waals surface area (Å²) in [7, 11) is 1.15. The third-order valence-corrected chi connectivity index (χ3v) is 4.72. The van der Waals surface area contributed by atoms with Crippen molar-refractivity contribution in [3.8, 4) is 0 Å². The number of aromatic nitrogens is 1. The lowest BCUT2D eigenvalue weighted by atomic mass is 9.97. The molecule has 0 spiro atoms. The Kier molecular flexibility index (Phi) is 6.20. The van der Waals surface area contributed by atoms with Gasteiger partial charge in [0.2, 0.25) is 5.78 Å². The number of carbonyl (C=O) groups is 2. The number of alkyl carbamates (subject to hydrolysis) is 1. The number of alkyl halides is 6. The van der Waals surface area contributed by atoms with Crippen LogP contribution in [0.5, 0.6) is 0 Å². The second-order valence-corrected chi connectivity index (χ2v) is 6.82. The van der Waals surface area contributed by atoms with Crippen molar-refractivity contribution in [2.75, 3.05) is 13.7 Å². The van der Waals surface area contributed by atoms with E-state index in [2.05, 4.69) is 15.0 Å². The number of para-hydroxylation sites is 1. The first-order chi connectivity index (χ1) is 14.9. The van der Waals surface area contributed by atoms with Crippen molar-refractivity contribution in [1.29, 1.82) is 0 Å². The number of fused-ring (bicyclic) bond motifs is 1. The Morgan fingerprint density at radius 1 is 0.969 bits per heavy atom. The number of ketones is 1. The number of halogens is 6. The molecule has 32 heavy (non-hydrogen) atoms. The largest absolute Gasteiger partial charge is 0.453 e. The normalized spacial score (nSPS) is 12.1. The molecule has 1 aromatic heterocycles. The van der Waals surface area contributed by atoms with E-state index in [1.54, 1.807) is 24.3 Å². The van der Waals surface area contributed by atoms with E-state index >= 15 is 0 Å². The number of carbonyl (C=O) groups excluding carboxylic acids is 2. The number of methoxy groups -OCH3 is 1. The van der Waals surface area contributed by atoms with E-state index in [-0.39, 0.29) is 24.7 Å². The van der Waals surface area contributed by atoms with Crippen LogP contribution in [0.15, 0.2) is 42.5 Å². The zero-order valence-corrected chi connectivity index (χ0v) is 16.4. The Hall–Kier alpha value is -3.50. The molecule has 1 amide bonds. The van der Waals surface area contributed by atoms with Crippen molar-refractivity contribution < 1.29 is 40.7 Å². The standard InChI is InChI=1S/C21H16F6N2O3/c1-32-19(31)28-7-6-15-14-4-2-3-5-16(14)29-17(15)18(30)11-8-12(20(22,23)24)10-13(9-11)21(25,26)27/h2-5,8-10,29H,6-7H2,1H3,(H,28,31). The van der Waals surface area contributed by atoms with E-state index in [4.69, 9.17) is 0 Å². The van der Waals surface area contributed by atoms with Gasteiger partial charge in [-0.3, -0.25) is 4.79 Å². The third kappa shape index (κ3) is 4.87. The van der Waals surface area contributed by atoms with Crippen molar-refractivity contribution in [3.05, 3.63) is 70.4 Å². The maximum atomic E-state index is 13.2. The Morgan fingerprint density at radius 2 is 1.56 bits per heavy atom. The first kappa shape index (κ1) is 23.2. The molecule has 11 heteroatoms. The van der Waals surface area contributed by atoms with Crippen LogP contribution in [0.1, 0.15) is 32.7 Å². The van der Waals surface area contributed by atoms with Crippen molar-refractivity contribution in [1.82, 2.24) is 10.3 Å². The molecule has 0 aliphatic heterocycles. The third-order valence-electron chi connectivity index (χ3n) is 4.72.